The van der Waals surface area contributed by atoms with E-state index < -0.39 is 0 Å². The van der Waals surface area contributed by atoms with E-state index in [1.165, 1.54) is 7.11 Å². The van der Waals surface area contributed by atoms with Crippen LogP contribution in [0.1, 0.15) is 28.1 Å². The Labute approximate surface area is 134 Å². The van der Waals surface area contributed by atoms with E-state index >= 15 is 0 Å². The predicted octanol–water partition coefficient (Wildman–Crippen LogP) is 0.911. The molecule has 0 N–H and O–H groups in total. The van der Waals surface area contributed by atoms with Crippen LogP contribution in [-0.2, 0) is 0 Å². The van der Waals surface area contributed by atoms with E-state index in [1.54, 1.807) is 30.2 Å². The Bertz CT molecular complexity index is 702. The highest BCUT2D eigenvalue weighted by Crippen LogP contribution is 2.25. The third-order valence-corrected chi connectivity index (χ3v) is 3.96. The Balaban J connectivity index is 1.82. The maximum Gasteiger partial charge on any atom is 0.259 e. The summed E-state index contributed by atoms with van der Waals surface area (Å²) < 4.78 is 10.5. The van der Waals surface area contributed by atoms with Crippen LogP contribution in [0.2, 0.25) is 0 Å². The second-order valence-corrected chi connectivity index (χ2v) is 5.49. The van der Waals surface area contributed by atoms with Gasteiger partial charge in [-0.1, -0.05) is 5.16 Å². The van der Waals surface area contributed by atoms with Crippen LogP contribution in [0.3, 0.4) is 0 Å². The highest BCUT2D eigenvalue weighted by atomic mass is 16.5. The zero-order chi connectivity index (χ0) is 16.4. The summed E-state index contributed by atoms with van der Waals surface area (Å²) in [6, 6.07) is 3.33. The molecule has 1 fully saturated rings. The molecule has 1 aliphatic rings. The van der Waals surface area contributed by atoms with Gasteiger partial charge in [0.1, 0.15) is 11.6 Å². The van der Waals surface area contributed by atoms with Gasteiger partial charge in [0.2, 0.25) is 11.8 Å². The minimum Gasteiger partial charge on any atom is -0.480 e. The van der Waals surface area contributed by atoms with Gasteiger partial charge in [0.15, 0.2) is 5.82 Å². The molecule has 0 radical (unpaired) electrons. The maximum absolute atomic E-state index is 12.8. The lowest BCUT2D eigenvalue weighted by Gasteiger charge is -2.37. The fraction of sp³-hybridized carbons (Fsp3) is 0.467. The van der Waals surface area contributed by atoms with Crippen molar-refractivity contribution in [1.82, 2.24) is 24.9 Å². The summed E-state index contributed by atoms with van der Waals surface area (Å²) in [5.74, 6) is 1.34. The molecule has 1 saturated heterocycles. The molecule has 8 nitrogen and oxygen atoms in total. The first-order valence-electron chi connectivity index (χ1n) is 7.39. The number of hydrogen-bond acceptors (Lipinski definition) is 7. The number of carbonyl (C=O) groups is 1. The number of ether oxygens (including phenoxy) is 1. The van der Waals surface area contributed by atoms with Crippen molar-refractivity contribution < 1.29 is 14.1 Å². The molecule has 0 spiro atoms. The first-order chi connectivity index (χ1) is 11.1. The van der Waals surface area contributed by atoms with Crippen LogP contribution in [0.15, 0.2) is 22.9 Å². The number of amides is 1. The number of rotatable bonds is 3. The number of aryl methyl sites for hydroxylation is 1. The van der Waals surface area contributed by atoms with Crippen LogP contribution in [0.25, 0.3) is 0 Å². The molecule has 8 heteroatoms. The maximum atomic E-state index is 12.8. The summed E-state index contributed by atoms with van der Waals surface area (Å²) in [6.45, 7) is 3.60. The number of carbonyl (C=O) groups excluding carboxylic acids is 1. The average Bonchev–Trinajstić information content (AvgIpc) is 3.01. The lowest BCUT2D eigenvalue weighted by atomic mass is 10.1. The smallest absolute Gasteiger partial charge is 0.259 e. The molecule has 0 saturated carbocycles. The fourth-order valence-electron chi connectivity index (χ4n) is 2.66. The van der Waals surface area contributed by atoms with Gasteiger partial charge in [-0.25, -0.2) is 4.98 Å². The summed E-state index contributed by atoms with van der Waals surface area (Å²) in [6.07, 6.45) is 1.60. The van der Waals surface area contributed by atoms with E-state index in [0.29, 0.717) is 36.2 Å². The van der Waals surface area contributed by atoms with Gasteiger partial charge < -0.3 is 14.2 Å². The Morgan fingerprint density at radius 3 is 2.96 bits per heavy atom. The van der Waals surface area contributed by atoms with Crippen LogP contribution in [-0.4, -0.2) is 64.6 Å². The molecule has 0 aromatic carbocycles. The van der Waals surface area contributed by atoms with Crippen molar-refractivity contribution in [3.8, 4) is 5.88 Å². The van der Waals surface area contributed by atoms with E-state index in [0.717, 1.165) is 6.54 Å². The molecule has 122 valence electrons. The van der Waals surface area contributed by atoms with Crippen molar-refractivity contribution in [3.05, 3.63) is 35.6 Å². The summed E-state index contributed by atoms with van der Waals surface area (Å²) in [5, 5.41) is 3.84. The Hall–Kier alpha value is -2.48. The van der Waals surface area contributed by atoms with Gasteiger partial charge >= 0.3 is 0 Å². The summed E-state index contributed by atoms with van der Waals surface area (Å²) in [7, 11) is 3.49. The highest BCUT2D eigenvalue weighted by molar-refractivity contribution is 5.96. The minimum absolute atomic E-state index is 0.107. The van der Waals surface area contributed by atoms with Crippen LogP contribution < -0.4 is 4.74 Å². The number of pyridine rings is 1. The van der Waals surface area contributed by atoms with Crippen molar-refractivity contribution in [3.63, 3.8) is 0 Å². The molecule has 2 aromatic heterocycles. The van der Waals surface area contributed by atoms with Gasteiger partial charge in [0, 0.05) is 25.8 Å². The Morgan fingerprint density at radius 1 is 1.43 bits per heavy atom. The number of piperazine rings is 1. The number of methoxy groups -OCH3 is 1. The van der Waals surface area contributed by atoms with Crippen molar-refractivity contribution in [2.45, 2.75) is 13.0 Å². The topological polar surface area (TPSA) is 84.6 Å². The number of nitrogens with zero attached hydrogens (tertiary/aromatic N) is 5. The molecule has 3 rings (SSSR count). The number of hydrogen-bond donors (Lipinski definition) is 0. The van der Waals surface area contributed by atoms with Crippen molar-refractivity contribution >= 4 is 5.91 Å². The van der Waals surface area contributed by atoms with E-state index in [2.05, 4.69) is 20.0 Å². The van der Waals surface area contributed by atoms with Crippen molar-refractivity contribution in [2.24, 2.45) is 0 Å². The van der Waals surface area contributed by atoms with Crippen LogP contribution >= 0.6 is 0 Å². The SMILES string of the molecule is COc1ncccc1C(=O)N1CCN(C)C(c2nc(C)no2)C1. The van der Waals surface area contributed by atoms with Gasteiger partial charge in [-0.3, -0.25) is 9.69 Å². The summed E-state index contributed by atoms with van der Waals surface area (Å²) >= 11 is 0. The predicted molar refractivity (Wildman–Crippen MR) is 81.1 cm³/mol. The summed E-state index contributed by atoms with van der Waals surface area (Å²) in [5.41, 5.74) is 0.458. The number of likely N-dealkylation sites (N-methyl/N-ethyl adjacent to an activating group) is 1. The van der Waals surface area contributed by atoms with E-state index in [9.17, 15) is 4.79 Å². The largest absolute Gasteiger partial charge is 0.480 e. The van der Waals surface area contributed by atoms with Crippen molar-refractivity contribution in [2.75, 3.05) is 33.8 Å². The summed E-state index contributed by atoms with van der Waals surface area (Å²) in [4.78, 5) is 25.0. The van der Waals surface area contributed by atoms with Crippen molar-refractivity contribution in [1.29, 1.82) is 0 Å². The first-order valence-corrected chi connectivity index (χ1v) is 7.39. The quantitative estimate of drug-likeness (QED) is 0.832. The lowest BCUT2D eigenvalue weighted by Crippen LogP contribution is -2.49. The Morgan fingerprint density at radius 2 is 2.26 bits per heavy atom. The molecule has 0 aliphatic carbocycles. The zero-order valence-corrected chi connectivity index (χ0v) is 13.4. The molecular weight excluding hydrogens is 298 g/mol. The standard InChI is InChI=1S/C15H19N5O3/c1-10-17-14(23-18-10)12-9-20(8-7-19(12)2)15(21)11-5-4-6-16-13(11)22-3/h4-6,12H,7-9H2,1-3H3. The molecule has 0 bridgehead atoms. The average molecular weight is 317 g/mol. The van der Waals surface area contributed by atoms with Crippen LogP contribution in [0, 0.1) is 6.92 Å². The van der Waals surface area contributed by atoms with Crippen LogP contribution in [0.5, 0.6) is 5.88 Å². The molecule has 1 unspecified atom stereocenters. The minimum atomic E-state index is -0.114. The molecule has 1 atom stereocenters. The second kappa shape index (κ2) is 6.33. The Kier molecular flexibility index (Phi) is 4.24. The van der Waals surface area contributed by atoms with Gasteiger partial charge in [0.05, 0.1) is 7.11 Å². The number of aromatic nitrogens is 3. The molecule has 1 amide bonds. The normalized spacial score (nSPS) is 18.9. The molecule has 23 heavy (non-hydrogen) atoms. The third kappa shape index (κ3) is 3.02. The van der Waals surface area contributed by atoms with E-state index in [-0.39, 0.29) is 11.9 Å². The van der Waals surface area contributed by atoms with Gasteiger partial charge in [0.25, 0.3) is 5.91 Å². The van der Waals surface area contributed by atoms with E-state index in [4.69, 9.17) is 9.26 Å². The zero-order valence-electron chi connectivity index (χ0n) is 13.4. The van der Waals surface area contributed by atoms with Gasteiger partial charge in [-0.05, 0) is 26.1 Å². The second-order valence-electron chi connectivity index (χ2n) is 5.49. The van der Waals surface area contributed by atoms with Gasteiger partial charge in [-0.2, -0.15) is 4.98 Å². The third-order valence-electron chi connectivity index (χ3n) is 3.96. The highest BCUT2D eigenvalue weighted by Gasteiger charge is 2.33. The first kappa shape index (κ1) is 15.4. The lowest BCUT2D eigenvalue weighted by molar-refractivity contribution is 0.0485. The molecule has 1 aliphatic heterocycles. The van der Waals surface area contributed by atoms with Gasteiger partial charge in [-0.15, -0.1) is 0 Å². The molecular formula is C15H19N5O3. The molecule has 3 heterocycles. The fourth-order valence-corrected chi connectivity index (χ4v) is 2.66. The van der Waals surface area contributed by atoms with E-state index in [1.807, 2.05) is 7.05 Å². The monoisotopic (exact) mass is 317 g/mol. The van der Waals surface area contributed by atoms with Crippen LogP contribution in [0.4, 0.5) is 0 Å². The molecule has 2 aromatic rings.